The van der Waals surface area contributed by atoms with Crippen LogP contribution in [0, 0.1) is 5.92 Å². The molecule has 2 rings (SSSR count). The van der Waals surface area contributed by atoms with Gasteiger partial charge in [0.25, 0.3) is 0 Å². The number of para-hydroxylation sites is 1. The average Bonchev–Trinajstić information content (AvgIpc) is 2.93. The van der Waals surface area contributed by atoms with E-state index in [1.807, 2.05) is 25.1 Å². The highest BCUT2D eigenvalue weighted by Crippen LogP contribution is 2.23. The van der Waals surface area contributed by atoms with Crippen LogP contribution in [0.2, 0.25) is 5.02 Å². The molecule has 0 N–H and O–H groups in total. The van der Waals surface area contributed by atoms with Gasteiger partial charge < -0.3 is 14.5 Å². The van der Waals surface area contributed by atoms with Crippen LogP contribution in [-0.2, 0) is 9.59 Å². The van der Waals surface area contributed by atoms with E-state index >= 15 is 0 Å². The highest BCUT2D eigenvalue weighted by molar-refractivity contribution is 6.32. The molecule has 0 saturated carbocycles. The lowest BCUT2D eigenvalue weighted by molar-refractivity contribution is -0.134. The molecule has 1 aliphatic heterocycles. The fraction of sp³-hybridized carbons (Fsp3) is 0.529. The zero-order chi connectivity index (χ0) is 16.8. The molecule has 1 heterocycles. The molecule has 1 saturated heterocycles. The molecule has 2 amide bonds. The third-order valence-electron chi connectivity index (χ3n) is 4.05. The lowest BCUT2D eigenvalue weighted by Crippen LogP contribution is -2.35. The molecule has 1 atom stereocenters. The highest BCUT2D eigenvalue weighted by atomic mass is 35.5. The quantitative estimate of drug-likeness (QED) is 0.717. The molecule has 23 heavy (non-hydrogen) atoms. The molecule has 1 aromatic carbocycles. The average molecular weight is 339 g/mol. The van der Waals surface area contributed by atoms with Crippen molar-refractivity contribution < 1.29 is 14.3 Å². The Balaban J connectivity index is 1.72. The number of amides is 2. The minimum Gasteiger partial charge on any atom is -0.492 e. The van der Waals surface area contributed by atoms with E-state index in [-0.39, 0.29) is 17.7 Å². The number of halogens is 1. The smallest absolute Gasteiger partial charge is 0.227 e. The molecule has 0 aromatic heterocycles. The number of likely N-dealkylation sites (tertiary alicyclic amines) is 1. The number of hydrogen-bond acceptors (Lipinski definition) is 3. The molecule has 0 spiro atoms. The van der Waals surface area contributed by atoms with Gasteiger partial charge in [-0.3, -0.25) is 9.59 Å². The van der Waals surface area contributed by atoms with Crippen LogP contribution in [0.25, 0.3) is 0 Å². The Labute approximate surface area is 142 Å². The Morgan fingerprint density at radius 2 is 2.17 bits per heavy atom. The van der Waals surface area contributed by atoms with E-state index < -0.39 is 0 Å². The van der Waals surface area contributed by atoms with Gasteiger partial charge >= 0.3 is 0 Å². The van der Waals surface area contributed by atoms with Gasteiger partial charge in [-0.15, -0.1) is 0 Å². The number of hydrogen-bond donors (Lipinski definition) is 0. The maximum atomic E-state index is 12.4. The van der Waals surface area contributed by atoms with Crippen molar-refractivity contribution in [2.24, 2.45) is 5.92 Å². The Morgan fingerprint density at radius 1 is 1.43 bits per heavy atom. The fourth-order valence-electron chi connectivity index (χ4n) is 2.71. The van der Waals surface area contributed by atoms with E-state index in [0.717, 1.165) is 0 Å². The van der Waals surface area contributed by atoms with Crippen LogP contribution in [0.5, 0.6) is 5.75 Å². The second kappa shape index (κ2) is 8.20. The van der Waals surface area contributed by atoms with Gasteiger partial charge in [-0.1, -0.05) is 23.7 Å². The first kappa shape index (κ1) is 17.6. The summed E-state index contributed by atoms with van der Waals surface area (Å²) in [6.07, 6.45) is 1.04. The predicted molar refractivity (Wildman–Crippen MR) is 89.6 cm³/mol. The van der Waals surface area contributed by atoms with E-state index in [2.05, 4.69) is 0 Å². The van der Waals surface area contributed by atoms with Crippen LogP contribution in [0.1, 0.15) is 19.8 Å². The second-order valence-corrected chi connectivity index (χ2v) is 6.13. The van der Waals surface area contributed by atoms with Crippen molar-refractivity contribution in [1.29, 1.82) is 0 Å². The Kier molecular flexibility index (Phi) is 6.28. The molecule has 1 aliphatic rings. The van der Waals surface area contributed by atoms with Crippen LogP contribution < -0.4 is 4.74 Å². The van der Waals surface area contributed by atoms with E-state index in [1.165, 1.54) is 0 Å². The van der Waals surface area contributed by atoms with Crippen molar-refractivity contribution in [3.05, 3.63) is 29.3 Å². The summed E-state index contributed by atoms with van der Waals surface area (Å²) >= 11 is 6.02. The maximum absolute atomic E-state index is 12.4. The molecule has 0 unspecified atom stereocenters. The topological polar surface area (TPSA) is 49.9 Å². The molecule has 1 fully saturated rings. The summed E-state index contributed by atoms with van der Waals surface area (Å²) in [5, 5.41) is 0.584. The molecule has 6 heteroatoms. The summed E-state index contributed by atoms with van der Waals surface area (Å²) in [5.74, 6) is 0.549. The van der Waals surface area contributed by atoms with Crippen molar-refractivity contribution in [1.82, 2.24) is 9.80 Å². The SMILES string of the molecule is CCN1C[C@H](C(=O)N(C)CCCOc2ccccc2Cl)CC1=O. The molecule has 0 radical (unpaired) electrons. The van der Waals surface area contributed by atoms with Gasteiger partial charge in [-0.05, 0) is 25.5 Å². The number of carbonyl (C=O) groups excluding carboxylic acids is 2. The summed E-state index contributed by atoms with van der Waals surface area (Å²) in [4.78, 5) is 27.5. The van der Waals surface area contributed by atoms with Crippen molar-refractivity contribution in [3.63, 3.8) is 0 Å². The fourth-order valence-corrected chi connectivity index (χ4v) is 2.90. The monoisotopic (exact) mass is 338 g/mol. The Hall–Kier alpha value is -1.75. The number of carbonyl (C=O) groups is 2. The lowest BCUT2D eigenvalue weighted by atomic mass is 10.1. The Morgan fingerprint density at radius 3 is 2.83 bits per heavy atom. The molecule has 1 aromatic rings. The van der Waals surface area contributed by atoms with Gasteiger partial charge in [0, 0.05) is 33.1 Å². The maximum Gasteiger partial charge on any atom is 0.227 e. The van der Waals surface area contributed by atoms with Crippen molar-refractivity contribution >= 4 is 23.4 Å². The van der Waals surface area contributed by atoms with Gasteiger partial charge in [0.15, 0.2) is 0 Å². The van der Waals surface area contributed by atoms with Crippen LogP contribution in [0.3, 0.4) is 0 Å². The number of rotatable bonds is 7. The van der Waals surface area contributed by atoms with Gasteiger partial charge in [-0.2, -0.15) is 0 Å². The van der Waals surface area contributed by atoms with Crippen molar-refractivity contribution in [2.75, 3.05) is 33.3 Å². The standard InChI is InChI=1S/C17H23ClN2O3/c1-3-20-12-13(11-16(20)21)17(22)19(2)9-6-10-23-15-8-5-4-7-14(15)18/h4-5,7-8,13H,3,6,9-12H2,1-2H3/t13-/m1/s1. The Bertz CT molecular complexity index is 565. The van der Waals surface area contributed by atoms with Crippen LogP contribution in [-0.4, -0.2) is 54.9 Å². The van der Waals surface area contributed by atoms with Gasteiger partial charge in [0.05, 0.1) is 17.5 Å². The van der Waals surface area contributed by atoms with E-state index in [0.29, 0.717) is 49.9 Å². The summed E-state index contributed by atoms with van der Waals surface area (Å²) in [7, 11) is 1.77. The minimum absolute atomic E-state index is 0.0343. The first-order valence-electron chi connectivity index (χ1n) is 7.93. The summed E-state index contributed by atoms with van der Waals surface area (Å²) in [6, 6.07) is 7.32. The van der Waals surface area contributed by atoms with Crippen molar-refractivity contribution in [2.45, 2.75) is 19.8 Å². The normalized spacial score (nSPS) is 17.4. The molecule has 126 valence electrons. The lowest BCUT2D eigenvalue weighted by Gasteiger charge is -2.21. The molecular weight excluding hydrogens is 316 g/mol. The van der Waals surface area contributed by atoms with Crippen LogP contribution in [0.15, 0.2) is 24.3 Å². The number of ether oxygens (including phenoxy) is 1. The number of nitrogens with zero attached hydrogens (tertiary/aromatic N) is 2. The molecular formula is C17H23ClN2O3. The van der Waals surface area contributed by atoms with Crippen LogP contribution >= 0.6 is 11.6 Å². The largest absolute Gasteiger partial charge is 0.492 e. The van der Waals surface area contributed by atoms with Gasteiger partial charge in [0.1, 0.15) is 5.75 Å². The van der Waals surface area contributed by atoms with E-state index in [9.17, 15) is 9.59 Å². The zero-order valence-electron chi connectivity index (χ0n) is 13.6. The molecule has 0 aliphatic carbocycles. The highest BCUT2D eigenvalue weighted by Gasteiger charge is 2.34. The van der Waals surface area contributed by atoms with Gasteiger partial charge in [-0.25, -0.2) is 0 Å². The van der Waals surface area contributed by atoms with Crippen molar-refractivity contribution in [3.8, 4) is 5.75 Å². The summed E-state index contributed by atoms with van der Waals surface area (Å²) in [5.41, 5.74) is 0. The van der Waals surface area contributed by atoms with Crippen LogP contribution in [0.4, 0.5) is 0 Å². The zero-order valence-corrected chi connectivity index (χ0v) is 14.4. The third-order valence-corrected chi connectivity index (χ3v) is 4.37. The third kappa shape index (κ3) is 4.61. The summed E-state index contributed by atoms with van der Waals surface area (Å²) in [6.45, 7) is 4.22. The predicted octanol–water partition coefficient (Wildman–Crippen LogP) is 2.44. The van der Waals surface area contributed by atoms with E-state index in [4.69, 9.17) is 16.3 Å². The number of benzene rings is 1. The molecule has 0 bridgehead atoms. The first-order chi connectivity index (χ1) is 11.0. The van der Waals surface area contributed by atoms with E-state index in [1.54, 1.807) is 22.9 Å². The summed E-state index contributed by atoms with van der Waals surface area (Å²) < 4.78 is 5.61. The first-order valence-corrected chi connectivity index (χ1v) is 8.30. The minimum atomic E-state index is -0.211. The molecule has 5 nitrogen and oxygen atoms in total. The second-order valence-electron chi connectivity index (χ2n) is 5.73. The van der Waals surface area contributed by atoms with Gasteiger partial charge in [0.2, 0.25) is 11.8 Å².